The van der Waals surface area contributed by atoms with Gasteiger partial charge >= 0.3 is 0 Å². The van der Waals surface area contributed by atoms with Crippen molar-refractivity contribution in [2.24, 2.45) is 5.92 Å². The van der Waals surface area contributed by atoms with Crippen molar-refractivity contribution in [3.05, 3.63) is 0 Å². The van der Waals surface area contributed by atoms with Crippen LogP contribution in [0.3, 0.4) is 0 Å². The molecule has 1 amide bonds. The number of carbonyl (C=O) groups is 1. The number of halogens is 1. The van der Waals surface area contributed by atoms with Gasteiger partial charge in [-0.25, -0.2) is 0 Å². The van der Waals surface area contributed by atoms with E-state index in [0.717, 1.165) is 13.1 Å². The molecule has 1 saturated heterocycles. The molecule has 0 aromatic rings. The lowest BCUT2D eigenvalue weighted by Crippen LogP contribution is -2.49. The summed E-state index contributed by atoms with van der Waals surface area (Å²) in [4.78, 5) is 13.5. The highest BCUT2D eigenvalue weighted by atomic mass is 35.5. The molecule has 0 spiro atoms. The van der Waals surface area contributed by atoms with E-state index in [9.17, 15) is 4.79 Å². The predicted octanol–water partition coefficient (Wildman–Crippen LogP) is 0.511. The van der Waals surface area contributed by atoms with E-state index >= 15 is 0 Å². The molecule has 1 atom stereocenters. The van der Waals surface area contributed by atoms with E-state index in [1.54, 1.807) is 4.90 Å². The molecule has 1 aliphatic rings. The van der Waals surface area contributed by atoms with Crippen molar-refractivity contribution in [3.8, 4) is 0 Å². The normalized spacial score (nSPS) is 20.9. The van der Waals surface area contributed by atoms with Gasteiger partial charge in [0.15, 0.2) is 0 Å². The highest BCUT2D eigenvalue weighted by Gasteiger charge is 2.24. The van der Waals surface area contributed by atoms with E-state index < -0.39 is 0 Å². The van der Waals surface area contributed by atoms with Gasteiger partial charge in [-0.05, 0) is 5.92 Å². The third-order valence-corrected chi connectivity index (χ3v) is 2.22. The quantitative estimate of drug-likeness (QED) is 0.777. The molecule has 0 aliphatic carbocycles. The van der Waals surface area contributed by atoms with E-state index in [1.807, 2.05) is 7.05 Å². The average Bonchev–Trinajstić information content (AvgIpc) is 2.17. The van der Waals surface area contributed by atoms with E-state index in [-0.39, 0.29) is 24.4 Å². The van der Waals surface area contributed by atoms with Gasteiger partial charge < -0.3 is 15.0 Å². The highest BCUT2D eigenvalue weighted by Crippen LogP contribution is 2.03. The lowest BCUT2D eigenvalue weighted by atomic mass is 10.2. The van der Waals surface area contributed by atoms with Gasteiger partial charge in [0, 0.05) is 26.7 Å². The molecule has 0 radical (unpaired) electrons. The fourth-order valence-electron chi connectivity index (χ4n) is 1.61. The van der Waals surface area contributed by atoms with E-state index in [4.69, 9.17) is 4.74 Å². The number of hydrogen-bond donors (Lipinski definition) is 1. The molecule has 15 heavy (non-hydrogen) atoms. The summed E-state index contributed by atoms with van der Waals surface area (Å²) >= 11 is 0. The second-order valence-electron chi connectivity index (χ2n) is 4.18. The molecule has 0 aromatic carbocycles. The zero-order valence-electron chi connectivity index (χ0n) is 9.66. The minimum absolute atomic E-state index is 0. The van der Waals surface area contributed by atoms with E-state index in [2.05, 4.69) is 19.2 Å². The Balaban J connectivity index is 0.00000196. The van der Waals surface area contributed by atoms with Crippen LogP contribution in [0.15, 0.2) is 0 Å². The molecule has 1 aliphatic heterocycles. The van der Waals surface area contributed by atoms with Crippen molar-refractivity contribution in [3.63, 3.8) is 0 Å². The molecular formula is C10H21ClN2O2. The Labute approximate surface area is 97.8 Å². The van der Waals surface area contributed by atoms with Crippen molar-refractivity contribution in [1.29, 1.82) is 0 Å². The third-order valence-electron chi connectivity index (χ3n) is 2.22. The van der Waals surface area contributed by atoms with Gasteiger partial charge in [-0.15, -0.1) is 12.4 Å². The van der Waals surface area contributed by atoms with Gasteiger partial charge in [-0.3, -0.25) is 4.79 Å². The summed E-state index contributed by atoms with van der Waals surface area (Å²) < 4.78 is 5.39. The van der Waals surface area contributed by atoms with Gasteiger partial charge in [0.25, 0.3) is 5.91 Å². The highest BCUT2D eigenvalue weighted by molar-refractivity contribution is 5.85. The predicted molar refractivity (Wildman–Crippen MR) is 62.3 cm³/mol. The van der Waals surface area contributed by atoms with Crippen LogP contribution < -0.4 is 5.32 Å². The molecule has 1 rings (SSSR count). The fourth-order valence-corrected chi connectivity index (χ4v) is 1.61. The van der Waals surface area contributed by atoms with Crippen LogP contribution in [0.25, 0.3) is 0 Å². The summed E-state index contributed by atoms with van der Waals surface area (Å²) in [7, 11) is 1.83. The zero-order valence-corrected chi connectivity index (χ0v) is 10.5. The topological polar surface area (TPSA) is 41.6 Å². The molecule has 0 aromatic heterocycles. The van der Waals surface area contributed by atoms with Gasteiger partial charge in [0.1, 0.15) is 6.10 Å². The lowest BCUT2D eigenvalue weighted by molar-refractivity contribution is -0.144. The van der Waals surface area contributed by atoms with Crippen LogP contribution in [-0.2, 0) is 9.53 Å². The molecule has 1 heterocycles. The van der Waals surface area contributed by atoms with Gasteiger partial charge in [0.2, 0.25) is 0 Å². The first-order chi connectivity index (χ1) is 6.61. The second kappa shape index (κ2) is 7.04. The molecular weight excluding hydrogens is 216 g/mol. The fraction of sp³-hybridized carbons (Fsp3) is 0.900. The summed E-state index contributed by atoms with van der Waals surface area (Å²) in [5.74, 6) is 0.589. The Morgan fingerprint density at radius 2 is 2.27 bits per heavy atom. The van der Waals surface area contributed by atoms with Crippen LogP contribution in [0.2, 0.25) is 0 Å². The summed E-state index contributed by atoms with van der Waals surface area (Å²) in [6.45, 7) is 7.11. The Hall–Kier alpha value is -0.320. The maximum Gasteiger partial charge on any atom is 0.252 e. The number of morpholine rings is 1. The first kappa shape index (κ1) is 14.7. The van der Waals surface area contributed by atoms with Gasteiger partial charge in [-0.1, -0.05) is 13.8 Å². The Morgan fingerprint density at radius 1 is 1.60 bits per heavy atom. The molecule has 90 valence electrons. The minimum Gasteiger partial charge on any atom is -0.366 e. The Kier molecular flexibility index (Phi) is 6.89. The molecule has 0 unspecified atom stereocenters. The number of rotatable bonds is 3. The molecule has 0 bridgehead atoms. The second-order valence-corrected chi connectivity index (χ2v) is 4.18. The van der Waals surface area contributed by atoms with Crippen LogP contribution in [0, 0.1) is 5.92 Å². The number of nitrogens with zero attached hydrogens (tertiary/aromatic N) is 1. The molecule has 5 heteroatoms. The van der Waals surface area contributed by atoms with Crippen LogP contribution >= 0.6 is 12.4 Å². The third kappa shape index (κ3) is 4.82. The monoisotopic (exact) mass is 236 g/mol. The standard InChI is InChI=1S/C10H20N2O2.ClH/c1-8(2)7-12(3)10(13)9-6-11-4-5-14-9;/h8-9,11H,4-7H2,1-3H3;1H/t9-;/m1./s1. The maximum atomic E-state index is 11.8. The summed E-state index contributed by atoms with van der Waals surface area (Å²) in [6, 6.07) is 0. The average molecular weight is 237 g/mol. The molecule has 0 saturated carbocycles. The lowest BCUT2D eigenvalue weighted by Gasteiger charge is -2.28. The largest absolute Gasteiger partial charge is 0.366 e. The number of amides is 1. The smallest absolute Gasteiger partial charge is 0.252 e. The summed E-state index contributed by atoms with van der Waals surface area (Å²) in [6.07, 6.45) is -0.285. The van der Waals surface area contributed by atoms with Crippen molar-refractivity contribution in [2.45, 2.75) is 20.0 Å². The van der Waals surface area contributed by atoms with Crippen LogP contribution in [0.5, 0.6) is 0 Å². The first-order valence-corrected chi connectivity index (χ1v) is 5.18. The summed E-state index contributed by atoms with van der Waals surface area (Å²) in [5.41, 5.74) is 0. The Bertz CT molecular complexity index is 194. The van der Waals surface area contributed by atoms with Crippen molar-refractivity contribution < 1.29 is 9.53 Å². The summed E-state index contributed by atoms with van der Waals surface area (Å²) in [5, 5.41) is 3.15. The van der Waals surface area contributed by atoms with Crippen molar-refractivity contribution in [2.75, 3.05) is 33.3 Å². The number of ether oxygens (including phenoxy) is 1. The SMILES string of the molecule is CC(C)CN(C)C(=O)[C@H]1CNCCO1.Cl. The molecule has 4 nitrogen and oxygen atoms in total. The zero-order chi connectivity index (χ0) is 10.6. The molecule has 1 fully saturated rings. The van der Waals surface area contributed by atoms with Crippen LogP contribution in [-0.4, -0.2) is 50.2 Å². The van der Waals surface area contributed by atoms with Crippen LogP contribution in [0.1, 0.15) is 13.8 Å². The van der Waals surface area contributed by atoms with Crippen molar-refractivity contribution in [1.82, 2.24) is 10.2 Å². The van der Waals surface area contributed by atoms with Crippen LogP contribution in [0.4, 0.5) is 0 Å². The minimum atomic E-state index is -0.285. The van der Waals surface area contributed by atoms with Gasteiger partial charge in [-0.2, -0.15) is 0 Å². The number of nitrogens with one attached hydrogen (secondary N) is 1. The maximum absolute atomic E-state index is 11.8. The van der Waals surface area contributed by atoms with Crippen molar-refractivity contribution >= 4 is 18.3 Å². The number of hydrogen-bond acceptors (Lipinski definition) is 3. The van der Waals surface area contributed by atoms with E-state index in [1.165, 1.54) is 0 Å². The number of carbonyl (C=O) groups excluding carboxylic acids is 1. The van der Waals surface area contributed by atoms with E-state index in [0.29, 0.717) is 19.1 Å². The van der Waals surface area contributed by atoms with Gasteiger partial charge in [0.05, 0.1) is 6.61 Å². The first-order valence-electron chi connectivity index (χ1n) is 5.18. The molecule has 1 N–H and O–H groups in total. The number of likely N-dealkylation sites (N-methyl/N-ethyl adjacent to an activating group) is 1. The Morgan fingerprint density at radius 3 is 2.73 bits per heavy atom.